The van der Waals surface area contributed by atoms with Crippen LogP contribution >= 0.6 is 72.0 Å². The fourth-order valence-corrected chi connectivity index (χ4v) is 2.66. The minimum absolute atomic E-state index is 0. The van der Waals surface area contributed by atoms with Gasteiger partial charge in [-0.05, 0) is 35.4 Å². The summed E-state index contributed by atoms with van der Waals surface area (Å²) in [5.41, 5.74) is 1.53. The molecule has 0 aliphatic carbocycles. The Balaban J connectivity index is 0. The third kappa shape index (κ3) is 6.11. The zero-order chi connectivity index (χ0) is 14.0. The lowest BCUT2D eigenvalue weighted by Crippen LogP contribution is -2.18. The minimum Gasteiger partial charge on any atom is -0.508 e. The van der Waals surface area contributed by atoms with Gasteiger partial charge in [-0.25, -0.2) is 0 Å². The Morgan fingerprint density at radius 3 is 1.14 bits per heavy atom. The Morgan fingerprint density at radius 1 is 0.636 bits per heavy atom. The van der Waals surface area contributed by atoms with Crippen molar-refractivity contribution in [3.8, 4) is 11.5 Å². The summed E-state index contributed by atoms with van der Waals surface area (Å²) in [6.45, 7) is 0. The maximum Gasteiger partial charge on any atom is 0.201 e. The maximum absolute atomic E-state index is 9.32. The van der Waals surface area contributed by atoms with Crippen molar-refractivity contribution >= 4 is 72.0 Å². The first kappa shape index (κ1) is 24.0. The zero-order valence-corrected chi connectivity index (χ0v) is 15.7. The van der Waals surface area contributed by atoms with Gasteiger partial charge in [-0.15, -0.1) is 37.2 Å². The summed E-state index contributed by atoms with van der Waals surface area (Å²) >= 11 is 18.2. The second-order valence-electron chi connectivity index (χ2n) is 4.16. The Labute approximate surface area is 162 Å². The second kappa shape index (κ2) is 9.82. The van der Waals surface area contributed by atoms with Gasteiger partial charge in [0.2, 0.25) is 3.79 Å². The summed E-state index contributed by atoms with van der Waals surface area (Å²) in [5.74, 6) is -0.186. The SMILES string of the molecule is Cl.Cl.Cl.Oc1ccc(C(c2ccc(O)cc2)C(Cl)(Cl)Cl)cc1. The molecule has 0 unspecified atom stereocenters. The third-order valence-electron chi connectivity index (χ3n) is 2.78. The molecule has 0 radical (unpaired) electrons. The Hall–Kier alpha value is -0.220. The van der Waals surface area contributed by atoms with Gasteiger partial charge in [0.15, 0.2) is 0 Å². The molecule has 8 heteroatoms. The van der Waals surface area contributed by atoms with Crippen molar-refractivity contribution in [2.75, 3.05) is 0 Å². The summed E-state index contributed by atoms with van der Waals surface area (Å²) < 4.78 is -1.53. The van der Waals surface area contributed by atoms with Crippen molar-refractivity contribution in [1.82, 2.24) is 0 Å². The van der Waals surface area contributed by atoms with Crippen molar-refractivity contribution in [3.05, 3.63) is 59.7 Å². The first-order valence-corrected chi connectivity index (χ1v) is 6.66. The zero-order valence-electron chi connectivity index (χ0n) is 10.9. The van der Waals surface area contributed by atoms with E-state index in [0.29, 0.717) is 0 Å². The molecule has 2 nitrogen and oxygen atoms in total. The number of halogens is 6. The van der Waals surface area contributed by atoms with E-state index in [2.05, 4.69) is 0 Å². The van der Waals surface area contributed by atoms with Crippen LogP contribution in [0.5, 0.6) is 11.5 Å². The molecule has 124 valence electrons. The van der Waals surface area contributed by atoms with Gasteiger partial charge in [0.1, 0.15) is 11.5 Å². The maximum atomic E-state index is 9.32. The standard InChI is InChI=1S/C14H11Cl3O2.3ClH/c15-14(16,17)13(9-1-5-11(18)6-2-9)10-3-7-12(19)8-4-10;;;/h1-8,13,18-19H;3*1H. The number of phenolic OH excluding ortho intramolecular Hbond substituents is 2. The summed E-state index contributed by atoms with van der Waals surface area (Å²) in [6.07, 6.45) is 0. The molecule has 0 aliphatic rings. The fraction of sp³-hybridized carbons (Fsp3) is 0.143. The van der Waals surface area contributed by atoms with E-state index in [1.165, 1.54) is 0 Å². The van der Waals surface area contributed by atoms with Crippen LogP contribution < -0.4 is 0 Å². The third-order valence-corrected chi connectivity index (χ3v) is 3.43. The molecule has 0 heterocycles. The molecule has 0 fully saturated rings. The normalized spacial score (nSPS) is 10.2. The average Bonchev–Trinajstić information content (AvgIpc) is 2.33. The molecule has 0 spiro atoms. The lowest BCUT2D eigenvalue weighted by atomic mass is 9.92. The van der Waals surface area contributed by atoms with E-state index in [4.69, 9.17) is 34.8 Å². The predicted molar refractivity (Wildman–Crippen MR) is 100 cm³/mol. The molecular weight excluding hydrogens is 413 g/mol. The van der Waals surface area contributed by atoms with Crippen molar-refractivity contribution in [2.24, 2.45) is 0 Å². The molecule has 2 aromatic rings. The van der Waals surface area contributed by atoms with E-state index in [0.717, 1.165) is 11.1 Å². The first-order chi connectivity index (χ1) is 8.88. The minimum atomic E-state index is -1.53. The van der Waals surface area contributed by atoms with Gasteiger partial charge >= 0.3 is 0 Å². The first-order valence-electron chi connectivity index (χ1n) is 5.52. The highest BCUT2D eigenvalue weighted by molar-refractivity contribution is 6.68. The van der Waals surface area contributed by atoms with Gasteiger partial charge in [0, 0.05) is 0 Å². The van der Waals surface area contributed by atoms with Gasteiger partial charge in [0.05, 0.1) is 5.92 Å². The van der Waals surface area contributed by atoms with Crippen LogP contribution in [0, 0.1) is 0 Å². The molecule has 0 saturated heterocycles. The smallest absolute Gasteiger partial charge is 0.201 e. The van der Waals surface area contributed by atoms with E-state index in [-0.39, 0.29) is 48.7 Å². The molecule has 0 amide bonds. The lowest BCUT2D eigenvalue weighted by Gasteiger charge is -2.25. The molecule has 0 atom stereocenters. The average molecular weight is 427 g/mol. The molecule has 0 saturated carbocycles. The van der Waals surface area contributed by atoms with Crippen LogP contribution in [0.3, 0.4) is 0 Å². The molecule has 22 heavy (non-hydrogen) atoms. The van der Waals surface area contributed by atoms with Gasteiger partial charge in [-0.3, -0.25) is 0 Å². The van der Waals surface area contributed by atoms with Gasteiger partial charge in [-0.2, -0.15) is 0 Å². The summed E-state index contributed by atoms with van der Waals surface area (Å²) in [5, 5.41) is 18.6. The number of rotatable bonds is 2. The van der Waals surface area contributed by atoms with Crippen LogP contribution in [0.4, 0.5) is 0 Å². The number of aromatic hydroxyl groups is 2. The van der Waals surface area contributed by atoms with Crippen LogP contribution in [0.15, 0.2) is 48.5 Å². The highest BCUT2D eigenvalue weighted by Crippen LogP contribution is 2.46. The van der Waals surface area contributed by atoms with E-state index in [9.17, 15) is 10.2 Å². The molecule has 0 bridgehead atoms. The Morgan fingerprint density at radius 2 is 0.909 bits per heavy atom. The summed E-state index contributed by atoms with van der Waals surface area (Å²) in [6, 6.07) is 13.0. The van der Waals surface area contributed by atoms with Crippen LogP contribution in [-0.2, 0) is 0 Å². The van der Waals surface area contributed by atoms with Crippen LogP contribution in [0.25, 0.3) is 0 Å². The van der Waals surface area contributed by atoms with Gasteiger partial charge < -0.3 is 10.2 Å². The van der Waals surface area contributed by atoms with Crippen molar-refractivity contribution in [3.63, 3.8) is 0 Å². The number of benzene rings is 2. The molecule has 2 rings (SSSR count). The predicted octanol–water partition coefficient (Wildman–Crippen LogP) is 5.87. The topological polar surface area (TPSA) is 40.5 Å². The largest absolute Gasteiger partial charge is 0.508 e. The Bertz CT molecular complexity index is 506. The van der Waals surface area contributed by atoms with Crippen LogP contribution in [0.1, 0.15) is 17.0 Å². The van der Waals surface area contributed by atoms with E-state index >= 15 is 0 Å². The number of phenols is 2. The van der Waals surface area contributed by atoms with E-state index in [1.807, 2.05) is 0 Å². The summed E-state index contributed by atoms with van der Waals surface area (Å²) in [4.78, 5) is 0. The monoisotopic (exact) mass is 424 g/mol. The quantitative estimate of drug-likeness (QED) is 0.590. The van der Waals surface area contributed by atoms with Crippen molar-refractivity contribution in [2.45, 2.75) is 9.71 Å². The van der Waals surface area contributed by atoms with E-state index in [1.54, 1.807) is 48.5 Å². The molecule has 0 aromatic heterocycles. The second-order valence-corrected chi connectivity index (χ2v) is 6.53. The lowest BCUT2D eigenvalue weighted by molar-refractivity contribution is 0.475. The van der Waals surface area contributed by atoms with Crippen molar-refractivity contribution < 1.29 is 10.2 Å². The highest BCUT2D eigenvalue weighted by atomic mass is 35.6. The number of alkyl halides is 3. The molecule has 2 N–H and O–H groups in total. The van der Waals surface area contributed by atoms with Gasteiger partial charge in [0.25, 0.3) is 0 Å². The molecule has 0 aliphatic heterocycles. The van der Waals surface area contributed by atoms with Crippen LogP contribution in [-0.4, -0.2) is 14.0 Å². The molecular formula is C14H14Cl6O2. The van der Waals surface area contributed by atoms with Crippen LogP contribution in [0.2, 0.25) is 0 Å². The van der Waals surface area contributed by atoms with E-state index < -0.39 is 9.71 Å². The number of hydrogen-bond donors (Lipinski definition) is 2. The summed E-state index contributed by atoms with van der Waals surface area (Å²) in [7, 11) is 0. The van der Waals surface area contributed by atoms with Crippen molar-refractivity contribution in [1.29, 1.82) is 0 Å². The fourth-order valence-electron chi connectivity index (χ4n) is 1.90. The number of hydrogen-bond acceptors (Lipinski definition) is 2. The molecule has 2 aromatic carbocycles. The Kier molecular flexibility index (Phi) is 10.7. The highest BCUT2D eigenvalue weighted by Gasteiger charge is 2.35. The van der Waals surface area contributed by atoms with Gasteiger partial charge in [-0.1, -0.05) is 59.1 Å².